The van der Waals surface area contributed by atoms with Crippen LogP contribution >= 0.6 is 0 Å². The molecule has 0 aliphatic carbocycles. The van der Waals surface area contributed by atoms with Crippen LogP contribution in [0.3, 0.4) is 0 Å². The molecule has 0 radical (unpaired) electrons. The third-order valence-corrected chi connectivity index (χ3v) is 2.43. The Labute approximate surface area is 83.0 Å². The normalized spacial score (nSPS) is 12.4. The molecule has 0 spiro atoms. The highest BCUT2D eigenvalue weighted by atomic mass is 16.4. The van der Waals surface area contributed by atoms with Gasteiger partial charge in [0.05, 0.1) is 0 Å². The van der Waals surface area contributed by atoms with Gasteiger partial charge in [-0.15, -0.1) is 0 Å². The molecule has 0 aromatic heterocycles. The average molecular weight is 194 g/mol. The fourth-order valence-corrected chi connectivity index (χ4v) is 1.27. The van der Waals surface area contributed by atoms with Gasteiger partial charge >= 0.3 is 5.97 Å². The van der Waals surface area contributed by atoms with Crippen LogP contribution in [-0.4, -0.2) is 16.2 Å². The lowest BCUT2D eigenvalue weighted by Gasteiger charge is -2.10. The van der Waals surface area contributed by atoms with E-state index in [2.05, 4.69) is 0 Å². The summed E-state index contributed by atoms with van der Waals surface area (Å²) in [5.41, 5.74) is 0.922. The number of aromatic hydroxyl groups is 1. The van der Waals surface area contributed by atoms with Gasteiger partial charge in [-0.1, -0.05) is 19.9 Å². The Hall–Kier alpha value is -1.51. The van der Waals surface area contributed by atoms with Crippen LogP contribution in [0.2, 0.25) is 0 Å². The third-order valence-electron chi connectivity index (χ3n) is 2.43. The summed E-state index contributed by atoms with van der Waals surface area (Å²) in [5, 5.41) is 18.1. The van der Waals surface area contributed by atoms with Gasteiger partial charge in [-0.2, -0.15) is 0 Å². The quantitative estimate of drug-likeness (QED) is 0.777. The summed E-state index contributed by atoms with van der Waals surface area (Å²) < 4.78 is 0. The summed E-state index contributed by atoms with van der Waals surface area (Å²) >= 11 is 0. The summed E-state index contributed by atoms with van der Waals surface area (Å²) in [6.45, 7) is 4.07. The second-order valence-electron chi connectivity index (χ2n) is 3.39. The van der Waals surface area contributed by atoms with Crippen molar-refractivity contribution in [2.75, 3.05) is 0 Å². The van der Waals surface area contributed by atoms with E-state index < -0.39 is 5.97 Å². The predicted molar refractivity (Wildman–Crippen MR) is 53.8 cm³/mol. The molecule has 0 bridgehead atoms. The summed E-state index contributed by atoms with van der Waals surface area (Å²) in [6, 6.07) is 4.73. The fraction of sp³-hybridized carbons (Fsp3) is 0.364. The summed E-state index contributed by atoms with van der Waals surface area (Å²) in [6.07, 6.45) is 0.948. The molecule has 3 nitrogen and oxygen atoms in total. The molecule has 0 fully saturated rings. The van der Waals surface area contributed by atoms with E-state index in [-0.39, 0.29) is 11.3 Å². The molecule has 0 amide bonds. The first-order chi connectivity index (χ1) is 6.56. The number of rotatable bonds is 3. The van der Waals surface area contributed by atoms with E-state index in [1.165, 1.54) is 12.1 Å². The molecule has 0 aliphatic heterocycles. The Morgan fingerprint density at radius 3 is 2.64 bits per heavy atom. The van der Waals surface area contributed by atoms with Gasteiger partial charge in [-0.25, -0.2) is 4.79 Å². The zero-order chi connectivity index (χ0) is 10.7. The van der Waals surface area contributed by atoms with Crippen molar-refractivity contribution in [3.63, 3.8) is 0 Å². The minimum absolute atomic E-state index is 0.0252. The first-order valence-electron chi connectivity index (χ1n) is 4.62. The van der Waals surface area contributed by atoms with Crippen LogP contribution in [0.15, 0.2) is 18.2 Å². The zero-order valence-electron chi connectivity index (χ0n) is 8.32. The molecule has 14 heavy (non-hydrogen) atoms. The predicted octanol–water partition coefficient (Wildman–Crippen LogP) is 2.60. The van der Waals surface area contributed by atoms with Gasteiger partial charge in [0, 0.05) is 0 Å². The van der Waals surface area contributed by atoms with Crippen LogP contribution in [0.5, 0.6) is 5.75 Å². The first kappa shape index (κ1) is 10.6. The fourth-order valence-electron chi connectivity index (χ4n) is 1.27. The smallest absolute Gasteiger partial charge is 0.339 e. The van der Waals surface area contributed by atoms with Crippen LogP contribution in [0.4, 0.5) is 0 Å². The van der Waals surface area contributed by atoms with Crippen molar-refractivity contribution in [1.82, 2.24) is 0 Å². The Morgan fingerprint density at radius 2 is 2.14 bits per heavy atom. The molecule has 0 saturated heterocycles. The Morgan fingerprint density at radius 1 is 1.50 bits per heavy atom. The molecule has 1 atom stereocenters. The van der Waals surface area contributed by atoms with Crippen molar-refractivity contribution >= 4 is 5.97 Å². The van der Waals surface area contributed by atoms with Crippen LogP contribution < -0.4 is 0 Å². The Bertz CT molecular complexity index is 344. The highest BCUT2D eigenvalue weighted by molar-refractivity contribution is 5.90. The Kier molecular flexibility index (Phi) is 3.12. The number of carboxylic acids is 1. The molecule has 2 N–H and O–H groups in total. The minimum Gasteiger partial charge on any atom is -0.507 e. The van der Waals surface area contributed by atoms with E-state index in [1.54, 1.807) is 6.07 Å². The van der Waals surface area contributed by atoms with Gasteiger partial charge in [-0.3, -0.25) is 0 Å². The molecule has 0 aliphatic rings. The van der Waals surface area contributed by atoms with Crippen LogP contribution in [0.25, 0.3) is 0 Å². The van der Waals surface area contributed by atoms with Gasteiger partial charge in [0.1, 0.15) is 11.3 Å². The van der Waals surface area contributed by atoms with Crippen molar-refractivity contribution in [2.45, 2.75) is 26.2 Å². The summed E-state index contributed by atoms with van der Waals surface area (Å²) in [4.78, 5) is 10.7. The van der Waals surface area contributed by atoms with Crippen molar-refractivity contribution in [2.24, 2.45) is 0 Å². The van der Waals surface area contributed by atoms with Crippen LogP contribution in [-0.2, 0) is 0 Å². The number of carboxylic acid groups (broad SMARTS) is 1. The topological polar surface area (TPSA) is 57.5 Å². The highest BCUT2D eigenvalue weighted by Gasteiger charge is 2.12. The first-order valence-corrected chi connectivity index (χ1v) is 4.62. The van der Waals surface area contributed by atoms with Gasteiger partial charge in [0.25, 0.3) is 0 Å². The number of aromatic carboxylic acids is 1. The second kappa shape index (κ2) is 4.13. The van der Waals surface area contributed by atoms with Crippen LogP contribution in [0, 0.1) is 0 Å². The monoisotopic (exact) mass is 194 g/mol. The number of hydrogen-bond donors (Lipinski definition) is 2. The summed E-state index contributed by atoms with van der Waals surface area (Å²) in [5.74, 6) is -0.953. The van der Waals surface area contributed by atoms with Gasteiger partial charge in [0.15, 0.2) is 0 Å². The molecule has 3 heteroatoms. The zero-order valence-corrected chi connectivity index (χ0v) is 8.32. The van der Waals surface area contributed by atoms with Crippen molar-refractivity contribution in [3.8, 4) is 5.75 Å². The third kappa shape index (κ3) is 2.05. The molecule has 0 saturated carbocycles. The van der Waals surface area contributed by atoms with Crippen molar-refractivity contribution in [3.05, 3.63) is 29.3 Å². The molecular weight excluding hydrogens is 180 g/mol. The Balaban J connectivity index is 3.12. The molecule has 1 rings (SSSR count). The molecule has 1 unspecified atom stereocenters. The SMILES string of the molecule is CCC(C)c1ccc(O)c(C(=O)O)c1. The van der Waals surface area contributed by atoms with Gasteiger partial charge in [-0.05, 0) is 30.0 Å². The summed E-state index contributed by atoms with van der Waals surface area (Å²) in [7, 11) is 0. The van der Waals surface area contributed by atoms with Crippen LogP contribution in [0.1, 0.15) is 42.1 Å². The maximum absolute atomic E-state index is 10.7. The molecular formula is C11H14O3. The van der Waals surface area contributed by atoms with E-state index in [0.717, 1.165) is 12.0 Å². The second-order valence-corrected chi connectivity index (χ2v) is 3.39. The molecule has 0 heterocycles. The van der Waals surface area contributed by atoms with E-state index in [9.17, 15) is 9.90 Å². The van der Waals surface area contributed by atoms with E-state index in [0.29, 0.717) is 5.92 Å². The maximum Gasteiger partial charge on any atom is 0.339 e. The minimum atomic E-state index is -1.09. The van der Waals surface area contributed by atoms with E-state index in [4.69, 9.17) is 5.11 Å². The number of carbonyl (C=O) groups is 1. The lowest BCUT2D eigenvalue weighted by Crippen LogP contribution is -2.00. The lowest BCUT2D eigenvalue weighted by atomic mass is 9.96. The highest BCUT2D eigenvalue weighted by Crippen LogP contribution is 2.24. The molecule has 1 aromatic rings. The van der Waals surface area contributed by atoms with Gasteiger partial charge in [0.2, 0.25) is 0 Å². The van der Waals surface area contributed by atoms with Gasteiger partial charge < -0.3 is 10.2 Å². The molecule has 76 valence electrons. The standard InChI is InChI=1S/C11H14O3/c1-3-7(2)8-4-5-10(12)9(6-8)11(13)14/h4-7,12H,3H2,1-2H3,(H,13,14). The van der Waals surface area contributed by atoms with E-state index in [1.807, 2.05) is 13.8 Å². The molecule has 1 aromatic carbocycles. The average Bonchev–Trinajstić information content (AvgIpc) is 2.17. The lowest BCUT2D eigenvalue weighted by molar-refractivity contribution is 0.0693. The number of benzene rings is 1. The number of phenols is 1. The largest absolute Gasteiger partial charge is 0.507 e. The van der Waals surface area contributed by atoms with E-state index >= 15 is 0 Å². The number of hydrogen-bond acceptors (Lipinski definition) is 2. The van der Waals surface area contributed by atoms with Crippen molar-refractivity contribution < 1.29 is 15.0 Å². The maximum atomic E-state index is 10.7. The van der Waals surface area contributed by atoms with Crippen molar-refractivity contribution in [1.29, 1.82) is 0 Å².